The molecule has 0 amide bonds. The number of aryl methyl sites for hydroxylation is 1. The molecule has 3 N–H and O–H groups in total. The summed E-state index contributed by atoms with van der Waals surface area (Å²) in [5.41, 5.74) is 5.06. The molecule has 0 bridgehead atoms. The van der Waals surface area contributed by atoms with E-state index in [2.05, 4.69) is 35.5 Å². The van der Waals surface area contributed by atoms with Crippen LogP contribution in [0.25, 0.3) is 55.8 Å². The van der Waals surface area contributed by atoms with E-state index in [1.807, 2.05) is 19.9 Å². The predicted octanol–water partition coefficient (Wildman–Crippen LogP) is 5.92. The van der Waals surface area contributed by atoms with Crippen LogP contribution in [0.3, 0.4) is 0 Å². The zero-order valence-corrected chi connectivity index (χ0v) is 23.9. The number of sulfone groups is 1. The third kappa shape index (κ3) is 5.45. The highest BCUT2D eigenvalue weighted by molar-refractivity contribution is 7.90. The van der Waals surface area contributed by atoms with E-state index in [0.29, 0.717) is 44.5 Å². The number of imidazole rings is 1. The number of aromatic nitrogens is 6. The van der Waals surface area contributed by atoms with Gasteiger partial charge in [-0.1, -0.05) is 6.07 Å². The molecule has 2 aromatic carbocycles. The summed E-state index contributed by atoms with van der Waals surface area (Å²) >= 11 is 0. The number of hydrogen-bond acceptors (Lipinski definition) is 7. The quantitative estimate of drug-likeness (QED) is 0.202. The number of anilines is 1. The predicted molar refractivity (Wildman–Crippen MR) is 160 cm³/mol. The largest absolute Gasteiger partial charge is 0.382 e. The molecule has 12 heteroatoms. The van der Waals surface area contributed by atoms with Gasteiger partial charge in [0.05, 0.1) is 27.9 Å². The molecule has 0 aliphatic rings. The summed E-state index contributed by atoms with van der Waals surface area (Å²) in [6.45, 7) is 4.02. The highest BCUT2D eigenvalue weighted by atomic mass is 32.2. The fourth-order valence-corrected chi connectivity index (χ4v) is 5.59. The Morgan fingerprint density at radius 2 is 1.83 bits per heavy atom. The van der Waals surface area contributed by atoms with Crippen molar-refractivity contribution < 1.29 is 17.2 Å². The van der Waals surface area contributed by atoms with Gasteiger partial charge >= 0.3 is 0 Å². The third-order valence-corrected chi connectivity index (χ3v) is 7.76. The normalized spacial score (nSPS) is 12.0. The Bertz CT molecular complexity index is 2070. The molecule has 0 fully saturated rings. The molecule has 214 valence electrons. The highest BCUT2D eigenvalue weighted by Gasteiger charge is 2.21. The van der Waals surface area contributed by atoms with Crippen molar-refractivity contribution in [3.63, 3.8) is 0 Å². The number of fused-ring (bicyclic) bond motifs is 2. The Kier molecular flexibility index (Phi) is 6.93. The Morgan fingerprint density at radius 1 is 1.00 bits per heavy atom. The van der Waals surface area contributed by atoms with Crippen LogP contribution >= 0.6 is 0 Å². The number of halogens is 2. The average molecular weight is 588 g/mol. The van der Waals surface area contributed by atoms with Gasteiger partial charge in [-0.2, -0.15) is 5.10 Å². The molecule has 6 rings (SSSR count). The van der Waals surface area contributed by atoms with Crippen molar-refractivity contribution >= 4 is 37.6 Å². The van der Waals surface area contributed by atoms with E-state index >= 15 is 4.39 Å². The lowest BCUT2D eigenvalue weighted by Gasteiger charge is -2.11. The molecule has 0 unspecified atom stereocenters. The second kappa shape index (κ2) is 10.6. The maximum absolute atomic E-state index is 16.1. The molecule has 4 heterocycles. The van der Waals surface area contributed by atoms with Crippen LogP contribution in [0.4, 0.5) is 14.5 Å². The van der Waals surface area contributed by atoms with Gasteiger partial charge in [-0.05, 0) is 67.8 Å². The lowest BCUT2D eigenvalue weighted by Crippen LogP contribution is -2.09. The zero-order valence-electron chi connectivity index (χ0n) is 23.0. The molecule has 4 aromatic heterocycles. The lowest BCUT2D eigenvalue weighted by molar-refractivity contribution is 0.600. The lowest BCUT2D eigenvalue weighted by atomic mass is 10.0. The van der Waals surface area contributed by atoms with E-state index < -0.39 is 21.5 Å². The fourth-order valence-electron chi connectivity index (χ4n) is 4.98. The monoisotopic (exact) mass is 587 g/mol. The molecule has 0 aliphatic heterocycles. The minimum atomic E-state index is -3.21. The van der Waals surface area contributed by atoms with Crippen LogP contribution in [0, 0.1) is 11.6 Å². The van der Waals surface area contributed by atoms with E-state index in [-0.39, 0.29) is 35.1 Å². The summed E-state index contributed by atoms with van der Waals surface area (Å²) in [6.07, 6.45) is 6.18. The van der Waals surface area contributed by atoms with Crippen molar-refractivity contribution in [3.05, 3.63) is 78.3 Å². The SMILES string of the molecule is CC(C)Nc1cncc(-c2ccc3[nH]nc(-c4nc5nccc(-c6cc(F)cc(CCS(C)(=O)=O)c6)c5[nH]4)c3c2F)c1. The molecular weight excluding hydrogens is 560 g/mol. The number of rotatable bonds is 8. The summed E-state index contributed by atoms with van der Waals surface area (Å²) in [4.78, 5) is 16.4. The maximum atomic E-state index is 16.1. The first-order chi connectivity index (χ1) is 20.1. The molecule has 9 nitrogen and oxygen atoms in total. The molecule has 0 spiro atoms. The molecule has 0 radical (unpaired) electrons. The topological polar surface area (TPSA) is 129 Å². The van der Waals surface area contributed by atoms with Crippen LogP contribution in [0.2, 0.25) is 0 Å². The minimum absolute atomic E-state index is 0.0930. The Hall–Kier alpha value is -4.71. The molecule has 42 heavy (non-hydrogen) atoms. The summed E-state index contributed by atoms with van der Waals surface area (Å²) in [5.74, 6) is -0.774. The number of H-pyrrole nitrogens is 2. The van der Waals surface area contributed by atoms with Gasteiger partial charge in [-0.25, -0.2) is 27.2 Å². The van der Waals surface area contributed by atoms with Crippen molar-refractivity contribution in [1.82, 2.24) is 30.1 Å². The summed E-state index contributed by atoms with van der Waals surface area (Å²) in [5, 5.41) is 10.8. The van der Waals surface area contributed by atoms with Crippen LogP contribution < -0.4 is 5.32 Å². The number of pyridine rings is 2. The number of aromatic amines is 2. The van der Waals surface area contributed by atoms with Gasteiger partial charge in [0.15, 0.2) is 11.5 Å². The second-order valence-corrected chi connectivity index (χ2v) is 12.8. The van der Waals surface area contributed by atoms with Crippen molar-refractivity contribution in [2.45, 2.75) is 26.3 Å². The number of nitrogens with one attached hydrogen (secondary N) is 3. The van der Waals surface area contributed by atoms with E-state index in [1.165, 1.54) is 12.1 Å². The van der Waals surface area contributed by atoms with E-state index in [9.17, 15) is 12.8 Å². The molecule has 0 saturated carbocycles. The van der Waals surface area contributed by atoms with Crippen molar-refractivity contribution in [2.24, 2.45) is 0 Å². The minimum Gasteiger partial charge on any atom is -0.382 e. The first-order valence-corrected chi connectivity index (χ1v) is 15.3. The van der Waals surface area contributed by atoms with Gasteiger partial charge in [0, 0.05) is 47.6 Å². The Labute approximate surface area is 240 Å². The van der Waals surface area contributed by atoms with Crippen molar-refractivity contribution in [2.75, 3.05) is 17.3 Å². The highest BCUT2D eigenvalue weighted by Crippen LogP contribution is 2.35. The van der Waals surface area contributed by atoms with Crippen molar-refractivity contribution in [3.8, 4) is 33.8 Å². The summed E-state index contributed by atoms with van der Waals surface area (Å²) in [6, 6.07) is 11.6. The Morgan fingerprint density at radius 3 is 2.62 bits per heavy atom. The van der Waals surface area contributed by atoms with Crippen LogP contribution in [0.5, 0.6) is 0 Å². The van der Waals surface area contributed by atoms with Gasteiger partial charge in [0.1, 0.15) is 27.2 Å². The first-order valence-electron chi connectivity index (χ1n) is 13.3. The van der Waals surface area contributed by atoms with Crippen LogP contribution in [-0.4, -0.2) is 56.6 Å². The van der Waals surface area contributed by atoms with Gasteiger partial charge in [-0.15, -0.1) is 0 Å². The van der Waals surface area contributed by atoms with Gasteiger partial charge in [0.25, 0.3) is 0 Å². The molecular formula is C30H27F2N7O2S. The third-order valence-electron chi connectivity index (χ3n) is 6.82. The fraction of sp³-hybridized carbons (Fsp3) is 0.200. The van der Waals surface area contributed by atoms with Gasteiger partial charge < -0.3 is 10.3 Å². The molecule has 0 aliphatic carbocycles. The van der Waals surface area contributed by atoms with E-state index in [0.717, 1.165) is 11.9 Å². The number of hydrogen-bond donors (Lipinski definition) is 3. The zero-order chi connectivity index (χ0) is 29.6. The second-order valence-electron chi connectivity index (χ2n) is 10.6. The first kappa shape index (κ1) is 27.5. The van der Waals surface area contributed by atoms with Gasteiger partial charge in [-0.3, -0.25) is 10.1 Å². The average Bonchev–Trinajstić information content (AvgIpc) is 3.56. The number of benzene rings is 2. The van der Waals surface area contributed by atoms with Crippen LogP contribution in [0.1, 0.15) is 19.4 Å². The van der Waals surface area contributed by atoms with Gasteiger partial charge in [0.2, 0.25) is 0 Å². The maximum Gasteiger partial charge on any atom is 0.178 e. The smallest absolute Gasteiger partial charge is 0.178 e. The standard InChI is InChI=1S/C30H27F2N7O2S/c1-16(2)35-21-13-19(14-33-15-21)22-4-5-24-25(26(22)32)28(39-38-24)30-36-27-23(6-8-34-29(27)37-30)18-10-17(11-20(31)12-18)7-9-42(3,40)41/h4-6,8,10-16,35H,7,9H2,1-3H3,(H,38,39)(H,34,36,37). The van der Waals surface area contributed by atoms with E-state index in [1.54, 1.807) is 42.9 Å². The van der Waals surface area contributed by atoms with Crippen LogP contribution in [0.15, 0.2) is 61.1 Å². The van der Waals surface area contributed by atoms with Crippen molar-refractivity contribution in [1.29, 1.82) is 0 Å². The number of nitrogens with zero attached hydrogens (tertiary/aromatic N) is 4. The van der Waals surface area contributed by atoms with Crippen LogP contribution in [-0.2, 0) is 16.3 Å². The van der Waals surface area contributed by atoms with E-state index in [4.69, 9.17) is 0 Å². The molecule has 0 atom stereocenters. The summed E-state index contributed by atoms with van der Waals surface area (Å²) < 4.78 is 54.0. The molecule has 6 aromatic rings. The summed E-state index contributed by atoms with van der Waals surface area (Å²) in [7, 11) is -3.21. The molecule has 0 saturated heterocycles. The Balaban J connectivity index is 1.43.